The Morgan fingerprint density at radius 2 is 1.23 bits per heavy atom. The number of rotatable bonds is 34. The maximum absolute atomic E-state index is 13.7. The van der Waals surface area contributed by atoms with Gasteiger partial charge in [-0.1, -0.05) is 12.6 Å². The third-order valence-electron chi connectivity index (χ3n) is 14.3. The molecule has 2 aromatic carbocycles. The van der Waals surface area contributed by atoms with Crippen molar-refractivity contribution < 1.29 is 132 Å². The first kappa shape index (κ1) is 80.5. The molecule has 4 aromatic rings. The van der Waals surface area contributed by atoms with E-state index in [9.17, 15) is 99.3 Å². The largest absolute Gasteiger partial charge is 0.512 e. The SMILES string of the molecule is C=C(O)CN1CCN(CC(=O)O)CCN(CC(=O)NC(CS(O)(O)O)C(=O)NC(CS(O)(O)O)C(=O)NCCNC(=O)CCCOc2cc(C)c(S(=O)(=O)NC(CNC(=O)c3cn(C)c4cc(CNc5ncc[nH]5)ccc4c3=O)C(=O)O)c(C)c2)CCN(CC(=O)O)CC1.[Y]. The number of imidazole rings is 1. The fourth-order valence-electron chi connectivity index (χ4n) is 9.88. The Morgan fingerprint density at radius 3 is 1.75 bits per heavy atom. The number of aromatic amines is 1. The number of H-pyrrole nitrogens is 1. The summed E-state index contributed by atoms with van der Waals surface area (Å²) in [6, 6.07) is 1.85. The van der Waals surface area contributed by atoms with Crippen LogP contribution in [0.5, 0.6) is 5.75 Å². The quantitative estimate of drug-likeness (QED) is 0.0195. The van der Waals surface area contributed by atoms with Gasteiger partial charge in [-0.15, -0.1) is 0 Å². The standard InChI is InChI=1S/C55H82N14O22S3.Y/c1-34-22-38(23-35(2)50(34)94(89,90)64-41(54(81)82)26-60-51(78)40-28-65(4)44-24-37(7-8-39(44)49(40)77)25-61-55-58-11-12-59-55)91-21-5-6-45(71)56-9-10-57-52(79)42(32-92(83,84)85)63-53(80)43(33-93(86,87)88)62-46(72)29-67-15-19-68(30-47(73)74)17-13-66(27-36(3)70)14-18-69(20-16-67)31-48(75)76;/h7-8,11-12,22-24,28,41-43,64,70,83-88H,3,5-6,9-10,13-21,25-27,29-33H2,1-2,4H3,(H,56,71)(H,57,79)(H,60,78)(H,62,72)(H,63,80)(H,73,74)(H,75,76)(H,81,82)(H2,58,59,61);. The van der Waals surface area contributed by atoms with Gasteiger partial charge in [0, 0.05) is 149 Å². The predicted octanol–water partition coefficient (Wildman–Crippen LogP) is -1.08. The van der Waals surface area contributed by atoms with Gasteiger partial charge in [0.25, 0.3) is 5.91 Å². The van der Waals surface area contributed by atoms with Crippen LogP contribution in [0.4, 0.5) is 5.95 Å². The topological polar surface area (TPSA) is 530 Å². The average Bonchev–Trinajstić information content (AvgIpc) is 1.01. The number of carboxylic acids is 3. The number of nitrogens with zero attached hydrogens (tertiary/aromatic N) is 6. The number of sulfonamides is 1. The molecule has 0 bridgehead atoms. The minimum atomic E-state index is -4.58. The van der Waals surface area contributed by atoms with Crippen molar-refractivity contribution in [1.29, 1.82) is 0 Å². The van der Waals surface area contributed by atoms with Gasteiger partial charge >= 0.3 is 17.9 Å². The van der Waals surface area contributed by atoms with Crippen LogP contribution >= 0.6 is 21.7 Å². The Bertz CT molecular complexity index is 3470. The summed E-state index contributed by atoms with van der Waals surface area (Å²) in [4.78, 5) is 129. The number of aryl methyl sites for hydroxylation is 3. The van der Waals surface area contributed by atoms with Crippen LogP contribution in [0.3, 0.4) is 0 Å². The summed E-state index contributed by atoms with van der Waals surface area (Å²) >= 11 is 0. The van der Waals surface area contributed by atoms with Crippen molar-refractivity contribution in [2.24, 2.45) is 7.05 Å². The van der Waals surface area contributed by atoms with Crippen molar-refractivity contribution in [3.63, 3.8) is 0 Å². The summed E-state index contributed by atoms with van der Waals surface area (Å²) in [5, 5.41) is 53.9. The van der Waals surface area contributed by atoms with E-state index in [1.807, 2.05) is 0 Å². The number of anilines is 1. The molecule has 1 saturated heterocycles. The smallest absolute Gasteiger partial charge is 0.323 e. The van der Waals surface area contributed by atoms with Crippen LogP contribution in [0.15, 0.2) is 71.0 Å². The molecule has 2 aromatic heterocycles. The van der Waals surface area contributed by atoms with Crippen molar-refractivity contribution in [2.45, 2.75) is 56.3 Å². The van der Waals surface area contributed by atoms with Gasteiger partial charge in [-0.05, 0) is 61.2 Å². The van der Waals surface area contributed by atoms with Crippen LogP contribution < -0.4 is 46.8 Å². The van der Waals surface area contributed by atoms with Crippen LogP contribution in [0.25, 0.3) is 10.9 Å². The summed E-state index contributed by atoms with van der Waals surface area (Å²) in [6.07, 6.45) is 4.50. The molecule has 5 rings (SSSR count). The molecule has 40 heteroatoms. The van der Waals surface area contributed by atoms with Gasteiger partial charge in [-0.3, -0.25) is 62.8 Å². The van der Waals surface area contributed by atoms with Crippen LogP contribution in [0.2, 0.25) is 0 Å². The van der Waals surface area contributed by atoms with Gasteiger partial charge < -0.3 is 93.9 Å². The normalized spacial score (nSPS) is 15.5. The molecule has 36 nitrogen and oxygen atoms in total. The summed E-state index contributed by atoms with van der Waals surface area (Å²) < 4.78 is 96.5. The van der Waals surface area contributed by atoms with Gasteiger partial charge in [0.2, 0.25) is 39.1 Å². The Balaban J connectivity index is 0.0000192. The maximum atomic E-state index is 13.7. The number of aromatic nitrogens is 3. The number of aliphatic hydroxyl groups excluding tert-OH is 1. The van der Waals surface area contributed by atoms with E-state index in [2.05, 4.69) is 53.2 Å². The minimum absolute atomic E-state index is 0. The second-order valence-corrected chi connectivity index (χ2v) is 26.9. The molecular formula is C55H82N14O22S3Y. The van der Waals surface area contributed by atoms with E-state index in [1.54, 1.807) is 56.9 Å². The molecule has 1 aliphatic rings. The molecule has 95 heavy (non-hydrogen) atoms. The molecule has 525 valence electrons. The predicted molar refractivity (Wildman–Crippen MR) is 343 cm³/mol. The number of carbonyl (C=O) groups excluding carboxylic acids is 5. The molecule has 3 heterocycles. The zero-order valence-electron chi connectivity index (χ0n) is 52.3. The van der Waals surface area contributed by atoms with E-state index in [-0.39, 0.29) is 163 Å². The Hall–Kier alpha value is -6.93. The second kappa shape index (κ2) is 37.5. The molecule has 3 atom stereocenters. The number of benzene rings is 2. The minimum Gasteiger partial charge on any atom is -0.512 e. The number of amides is 5. The summed E-state index contributed by atoms with van der Waals surface area (Å²) in [5.74, 6) is -10.8. The number of hydrogen-bond donors (Lipinski definition) is 18. The van der Waals surface area contributed by atoms with E-state index in [0.717, 1.165) is 5.56 Å². The van der Waals surface area contributed by atoms with Crippen LogP contribution in [0.1, 0.15) is 39.9 Å². The molecule has 18 N–H and O–H groups in total. The second-order valence-electron chi connectivity index (χ2n) is 22.1. The first-order chi connectivity index (χ1) is 44.1. The van der Waals surface area contributed by atoms with E-state index >= 15 is 0 Å². The summed E-state index contributed by atoms with van der Waals surface area (Å²) in [6.45, 7) is 4.95. The van der Waals surface area contributed by atoms with Crippen molar-refractivity contribution in [2.75, 3.05) is 122 Å². The van der Waals surface area contributed by atoms with Crippen LogP contribution in [-0.4, -0.2) is 272 Å². The average molecular weight is 1480 g/mol. The molecule has 1 fully saturated rings. The number of hydrogen-bond acceptors (Lipinski definition) is 25. The van der Waals surface area contributed by atoms with Crippen molar-refractivity contribution >= 4 is 96.1 Å². The van der Waals surface area contributed by atoms with Crippen molar-refractivity contribution in [3.05, 3.63) is 93.7 Å². The summed E-state index contributed by atoms with van der Waals surface area (Å²) in [7, 11) is -12.1. The molecule has 0 aliphatic carbocycles. The van der Waals surface area contributed by atoms with Crippen LogP contribution in [-0.2, 0) is 89.9 Å². The first-order valence-electron chi connectivity index (χ1n) is 29.0. The zero-order valence-corrected chi connectivity index (χ0v) is 57.6. The number of fused-ring (bicyclic) bond motifs is 1. The Labute approximate surface area is 574 Å². The fourth-order valence-corrected chi connectivity index (χ4v) is 12.9. The zero-order chi connectivity index (χ0) is 69.7. The summed E-state index contributed by atoms with van der Waals surface area (Å²) in [5.41, 5.74) is 0.662. The number of aliphatic carboxylic acids is 3. The molecule has 0 spiro atoms. The van der Waals surface area contributed by atoms with Crippen LogP contribution in [0, 0.1) is 13.8 Å². The Morgan fingerprint density at radius 1 is 0.695 bits per heavy atom. The van der Waals surface area contributed by atoms with Gasteiger partial charge in [-0.25, -0.2) is 13.4 Å². The first-order valence-corrected chi connectivity index (χ1v) is 33.8. The molecule has 0 saturated carbocycles. The number of ether oxygens (including phenoxy) is 1. The monoisotopic (exact) mass is 1480 g/mol. The van der Waals surface area contributed by atoms with E-state index in [0.29, 0.717) is 18.0 Å². The fraction of sp³-hybridized carbons (Fsp3) is 0.491. The third-order valence-corrected chi connectivity index (χ3v) is 17.6. The van der Waals surface area contributed by atoms with Crippen molar-refractivity contribution in [1.82, 2.24) is 65.4 Å². The van der Waals surface area contributed by atoms with E-state index in [4.69, 9.17) is 4.74 Å². The van der Waals surface area contributed by atoms with Gasteiger partial charge in [0.15, 0.2) is 5.95 Å². The van der Waals surface area contributed by atoms with Gasteiger partial charge in [0.05, 0.1) is 82.2 Å². The molecule has 1 radical (unpaired) electrons. The number of carbonyl (C=O) groups is 8. The maximum Gasteiger partial charge on any atom is 0.323 e. The Kier molecular flexibility index (Phi) is 31.8. The van der Waals surface area contributed by atoms with E-state index in [1.165, 1.54) is 37.1 Å². The third kappa shape index (κ3) is 28.0. The molecular weight excluding hydrogens is 1390 g/mol. The van der Waals surface area contributed by atoms with Crippen molar-refractivity contribution in [3.8, 4) is 5.75 Å². The van der Waals surface area contributed by atoms with Gasteiger partial charge in [-0.2, -0.15) is 4.72 Å². The van der Waals surface area contributed by atoms with E-state index < -0.39 is 140 Å². The number of pyridine rings is 1. The molecule has 1 aliphatic heterocycles. The molecule has 3 unspecified atom stereocenters. The number of carboxylic acid groups (broad SMARTS) is 3. The van der Waals surface area contributed by atoms with Gasteiger partial charge in [0.1, 0.15) is 29.4 Å². The number of nitrogens with one attached hydrogen (secondary N) is 8. The molecule has 5 amide bonds. The number of aliphatic hydroxyl groups is 1.